The van der Waals surface area contributed by atoms with E-state index < -0.39 is 11.0 Å². The maximum absolute atomic E-state index is 12.0. The quantitative estimate of drug-likeness (QED) is 0.627. The number of benzene rings is 1. The molecular formula is C13H17N3O4. The van der Waals surface area contributed by atoms with Crippen molar-refractivity contribution in [2.24, 2.45) is 0 Å². The second kappa shape index (κ2) is 6.44. The molecule has 0 aliphatic carbocycles. The molecule has 0 saturated carbocycles. The molecule has 1 saturated heterocycles. The first-order valence-corrected chi connectivity index (χ1v) is 6.45. The molecule has 2 unspecified atom stereocenters. The van der Waals surface area contributed by atoms with Crippen LogP contribution >= 0.6 is 0 Å². The van der Waals surface area contributed by atoms with Crippen molar-refractivity contribution in [3.8, 4) is 0 Å². The normalized spacial score (nSPS) is 20.1. The number of morpholine rings is 1. The largest absolute Gasteiger partial charge is 0.366 e. The first-order valence-electron chi connectivity index (χ1n) is 6.45. The lowest BCUT2D eigenvalue weighted by Gasteiger charge is -2.24. The molecule has 1 aromatic carbocycles. The van der Waals surface area contributed by atoms with Crippen LogP contribution in [0.5, 0.6) is 0 Å². The smallest absolute Gasteiger partial charge is 0.269 e. The highest BCUT2D eigenvalue weighted by Crippen LogP contribution is 2.19. The van der Waals surface area contributed by atoms with Crippen LogP contribution in [0.15, 0.2) is 24.3 Å². The maximum Gasteiger partial charge on any atom is 0.269 e. The number of carbonyl (C=O) groups excluding carboxylic acids is 1. The van der Waals surface area contributed by atoms with Gasteiger partial charge in [-0.2, -0.15) is 0 Å². The molecular weight excluding hydrogens is 262 g/mol. The number of nitro benzene ring substituents is 1. The van der Waals surface area contributed by atoms with Gasteiger partial charge in [0, 0.05) is 25.2 Å². The predicted octanol–water partition coefficient (Wildman–Crippen LogP) is 0.760. The molecule has 7 nitrogen and oxygen atoms in total. The van der Waals surface area contributed by atoms with E-state index in [4.69, 9.17) is 4.74 Å². The summed E-state index contributed by atoms with van der Waals surface area (Å²) in [5.74, 6) is -0.212. The lowest BCUT2D eigenvalue weighted by atomic mass is 10.1. The third-order valence-corrected chi connectivity index (χ3v) is 3.16. The van der Waals surface area contributed by atoms with Gasteiger partial charge in [0.15, 0.2) is 0 Å². The fourth-order valence-corrected chi connectivity index (χ4v) is 2.03. The van der Waals surface area contributed by atoms with Crippen molar-refractivity contribution in [3.63, 3.8) is 0 Å². The van der Waals surface area contributed by atoms with Gasteiger partial charge in [0.1, 0.15) is 6.10 Å². The van der Waals surface area contributed by atoms with Crippen LogP contribution in [0.1, 0.15) is 18.5 Å². The van der Waals surface area contributed by atoms with Crippen molar-refractivity contribution >= 4 is 11.6 Å². The average Bonchev–Trinajstić information content (AvgIpc) is 2.48. The lowest BCUT2D eigenvalue weighted by Crippen LogP contribution is -2.48. The summed E-state index contributed by atoms with van der Waals surface area (Å²) < 4.78 is 5.36. The van der Waals surface area contributed by atoms with Gasteiger partial charge in [-0.05, 0) is 12.5 Å². The molecule has 108 valence electrons. The Hall–Kier alpha value is -1.99. The first-order chi connectivity index (χ1) is 9.58. The number of rotatable bonds is 4. The molecule has 1 aliphatic rings. The highest BCUT2D eigenvalue weighted by atomic mass is 16.6. The van der Waals surface area contributed by atoms with Crippen molar-refractivity contribution < 1.29 is 14.5 Å². The standard InChI is InChI=1S/C13H17N3O4/c1-9(10-3-2-4-11(7-10)16(18)19)15-13(17)12-8-14-5-6-20-12/h2-4,7,9,12,14H,5-6,8H2,1H3,(H,15,17). The lowest BCUT2D eigenvalue weighted by molar-refractivity contribution is -0.384. The predicted molar refractivity (Wildman–Crippen MR) is 72.3 cm³/mol. The summed E-state index contributed by atoms with van der Waals surface area (Å²) in [5.41, 5.74) is 0.704. The van der Waals surface area contributed by atoms with Gasteiger partial charge in [-0.25, -0.2) is 0 Å². The number of hydrogen-bond acceptors (Lipinski definition) is 5. The van der Waals surface area contributed by atoms with E-state index in [1.54, 1.807) is 19.1 Å². The number of hydrogen-bond donors (Lipinski definition) is 2. The molecule has 1 fully saturated rings. The molecule has 2 atom stereocenters. The van der Waals surface area contributed by atoms with Gasteiger partial charge in [-0.3, -0.25) is 14.9 Å². The number of carbonyl (C=O) groups is 1. The van der Waals surface area contributed by atoms with Crippen molar-refractivity contribution in [2.75, 3.05) is 19.7 Å². The van der Waals surface area contributed by atoms with Gasteiger partial charge >= 0.3 is 0 Å². The maximum atomic E-state index is 12.0. The van der Waals surface area contributed by atoms with Gasteiger partial charge < -0.3 is 15.4 Å². The van der Waals surface area contributed by atoms with E-state index in [-0.39, 0.29) is 17.6 Å². The second-order valence-corrected chi connectivity index (χ2v) is 4.65. The third kappa shape index (κ3) is 3.52. The topological polar surface area (TPSA) is 93.5 Å². The van der Waals surface area contributed by atoms with Gasteiger partial charge in [0.05, 0.1) is 17.6 Å². The summed E-state index contributed by atoms with van der Waals surface area (Å²) in [6.45, 7) is 3.51. The Bertz CT molecular complexity index is 500. The Morgan fingerprint density at radius 3 is 3.05 bits per heavy atom. The Labute approximate surface area is 116 Å². The van der Waals surface area contributed by atoms with Crippen molar-refractivity contribution in [1.82, 2.24) is 10.6 Å². The zero-order valence-corrected chi connectivity index (χ0v) is 11.2. The van der Waals surface area contributed by atoms with Crippen molar-refractivity contribution in [3.05, 3.63) is 39.9 Å². The third-order valence-electron chi connectivity index (χ3n) is 3.16. The van der Waals surface area contributed by atoms with Gasteiger partial charge in [-0.1, -0.05) is 12.1 Å². The zero-order chi connectivity index (χ0) is 14.5. The van der Waals surface area contributed by atoms with Gasteiger partial charge in [-0.15, -0.1) is 0 Å². The summed E-state index contributed by atoms with van der Waals surface area (Å²) in [7, 11) is 0. The molecule has 0 spiro atoms. The second-order valence-electron chi connectivity index (χ2n) is 4.65. The van der Waals surface area contributed by atoms with E-state index in [0.29, 0.717) is 18.7 Å². The minimum atomic E-state index is -0.509. The number of nitrogens with one attached hydrogen (secondary N) is 2. The van der Waals surface area contributed by atoms with Gasteiger partial charge in [0.2, 0.25) is 0 Å². The summed E-state index contributed by atoms with van der Waals surface area (Å²) in [4.78, 5) is 22.3. The Morgan fingerprint density at radius 1 is 1.60 bits per heavy atom. The summed E-state index contributed by atoms with van der Waals surface area (Å²) in [6, 6.07) is 5.93. The van der Waals surface area contributed by atoms with E-state index in [2.05, 4.69) is 10.6 Å². The Kier molecular flexibility index (Phi) is 4.65. The van der Waals surface area contributed by atoms with Crippen LogP contribution in [0, 0.1) is 10.1 Å². The molecule has 7 heteroatoms. The van der Waals surface area contributed by atoms with E-state index in [1.807, 2.05) is 0 Å². The molecule has 20 heavy (non-hydrogen) atoms. The van der Waals surface area contributed by atoms with E-state index in [9.17, 15) is 14.9 Å². The van der Waals surface area contributed by atoms with Crippen LogP contribution in [-0.2, 0) is 9.53 Å². The fraction of sp³-hybridized carbons (Fsp3) is 0.462. The number of amides is 1. The molecule has 2 rings (SSSR count). The van der Waals surface area contributed by atoms with Crippen LogP contribution in [-0.4, -0.2) is 36.6 Å². The Balaban J connectivity index is 2.00. The van der Waals surface area contributed by atoms with E-state index in [1.165, 1.54) is 12.1 Å². The zero-order valence-electron chi connectivity index (χ0n) is 11.2. The summed E-state index contributed by atoms with van der Waals surface area (Å²) in [5, 5.41) is 16.6. The number of nitro groups is 1. The Morgan fingerprint density at radius 2 is 2.40 bits per heavy atom. The highest BCUT2D eigenvalue weighted by molar-refractivity contribution is 5.81. The summed E-state index contributed by atoms with van der Waals surface area (Å²) >= 11 is 0. The molecule has 0 aromatic heterocycles. The average molecular weight is 279 g/mol. The molecule has 0 radical (unpaired) electrons. The number of ether oxygens (including phenoxy) is 1. The molecule has 1 heterocycles. The minimum absolute atomic E-state index is 0.0131. The van der Waals surface area contributed by atoms with Crippen LogP contribution in [0.2, 0.25) is 0 Å². The highest BCUT2D eigenvalue weighted by Gasteiger charge is 2.23. The molecule has 0 bridgehead atoms. The van der Waals surface area contributed by atoms with Crippen molar-refractivity contribution in [2.45, 2.75) is 19.1 Å². The molecule has 1 amide bonds. The van der Waals surface area contributed by atoms with Crippen molar-refractivity contribution in [1.29, 1.82) is 0 Å². The van der Waals surface area contributed by atoms with Crippen LogP contribution in [0.3, 0.4) is 0 Å². The molecule has 1 aliphatic heterocycles. The first kappa shape index (κ1) is 14.4. The number of nitrogens with zero attached hydrogens (tertiary/aromatic N) is 1. The van der Waals surface area contributed by atoms with Crippen LogP contribution < -0.4 is 10.6 Å². The van der Waals surface area contributed by atoms with Crippen LogP contribution in [0.25, 0.3) is 0 Å². The van der Waals surface area contributed by atoms with Crippen LogP contribution in [0.4, 0.5) is 5.69 Å². The summed E-state index contributed by atoms with van der Waals surface area (Å²) in [6.07, 6.45) is -0.509. The molecule has 1 aromatic rings. The molecule has 2 N–H and O–H groups in total. The number of non-ortho nitro benzene ring substituents is 1. The van der Waals surface area contributed by atoms with E-state index in [0.717, 1.165) is 6.54 Å². The monoisotopic (exact) mass is 279 g/mol. The SMILES string of the molecule is CC(NC(=O)C1CNCCO1)c1cccc([N+](=O)[O-])c1. The fourth-order valence-electron chi connectivity index (χ4n) is 2.03. The van der Waals surface area contributed by atoms with Gasteiger partial charge in [0.25, 0.3) is 11.6 Å². The minimum Gasteiger partial charge on any atom is -0.366 e. The van der Waals surface area contributed by atoms with E-state index >= 15 is 0 Å².